The van der Waals surface area contributed by atoms with E-state index < -0.39 is 0 Å². The fourth-order valence-corrected chi connectivity index (χ4v) is 6.59. The summed E-state index contributed by atoms with van der Waals surface area (Å²) < 4.78 is 24.4. The Labute approximate surface area is 281 Å². The summed E-state index contributed by atoms with van der Waals surface area (Å²) in [4.78, 5) is 29.7. The highest BCUT2D eigenvalue weighted by Crippen LogP contribution is 2.38. The Balaban J connectivity index is 1.14. The third-order valence-corrected chi connectivity index (χ3v) is 9.12. The highest BCUT2D eigenvalue weighted by Gasteiger charge is 2.25. The molecule has 5 aromatic rings. The second-order valence-corrected chi connectivity index (χ2v) is 12.1. The zero-order valence-corrected chi connectivity index (χ0v) is 28.2. The first-order chi connectivity index (χ1) is 23.5. The molecule has 0 N–H and O–H groups in total. The number of benzene rings is 2. The highest BCUT2D eigenvalue weighted by atomic mass is 16.5. The third kappa shape index (κ3) is 7.26. The summed E-state index contributed by atoms with van der Waals surface area (Å²) in [5.74, 6) is 3.26. The molecular formula is C37H44N6O5. The van der Waals surface area contributed by atoms with Crippen molar-refractivity contribution >= 4 is 22.9 Å². The Bertz CT molecular complexity index is 1770. The number of furan rings is 1. The second-order valence-electron chi connectivity index (χ2n) is 12.1. The molecule has 0 bridgehead atoms. The van der Waals surface area contributed by atoms with Crippen molar-refractivity contribution in [2.45, 2.75) is 25.3 Å². The van der Waals surface area contributed by atoms with Crippen LogP contribution in [-0.4, -0.2) is 97.9 Å². The highest BCUT2D eigenvalue weighted by molar-refractivity contribution is 5.95. The lowest BCUT2D eigenvalue weighted by molar-refractivity contribution is 0.0782. The number of carbonyl (C=O) groups is 1. The van der Waals surface area contributed by atoms with Crippen LogP contribution in [0.5, 0.6) is 17.2 Å². The molecule has 3 aromatic heterocycles. The predicted molar refractivity (Wildman–Crippen MR) is 185 cm³/mol. The van der Waals surface area contributed by atoms with E-state index in [0.717, 1.165) is 73.9 Å². The number of hydrogen-bond acceptors (Lipinski definition) is 9. The summed E-state index contributed by atoms with van der Waals surface area (Å²) in [5, 5.41) is 0. The molecule has 1 fully saturated rings. The van der Waals surface area contributed by atoms with Crippen LogP contribution in [0.1, 0.15) is 40.4 Å². The molecule has 1 saturated heterocycles. The number of carbonyl (C=O) groups excluding carboxylic acids is 1. The first-order valence-electron chi connectivity index (χ1n) is 16.4. The molecule has 0 radical (unpaired) electrons. The van der Waals surface area contributed by atoms with Gasteiger partial charge in [-0.2, -0.15) is 0 Å². The van der Waals surface area contributed by atoms with Crippen molar-refractivity contribution < 1.29 is 23.4 Å². The average Bonchev–Trinajstić information content (AvgIpc) is 3.71. The van der Waals surface area contributed by atoms with E-state index in [4.69, 9.17) is 23.6 Å². The Hall–Kier alpha value is -5.03. The topological polar surface area (TPSA) is 98.3 Å². The third-order valence-electron chi connectivity index (χ3n) is 9.12. The molecule has 0 spiro atoms. The molecule has 2 aromatic carbocycles. The first kappa shape index (κ1) is 32.9. The van der Waals surface area contributed by atoms with Crippen LogP contribution in [0, 0.1) is 0 Å². The van der Waals surface area contributed by atoms with Gasteiger partial charge in [-0.15, -0.1) is 0 Å². The maximum absolute atomic E-state index is 13.7. The van der Waals surface area contributed by atoms with Gasteiger partial charge in [-0.05, 0) is 80.0 Å². The van der Waals surface area contributed by atoms with Crippen LogP contribution >= 0.6 is 0 Å². The van der Waals surface area contributed by atoms with Crippen LogP contribution < -0.4 is 19.1 Å². The van der Waals surface area contributed by atoms with Gasteiger partial charge >= 0.3 is 0 Å². The molecular weight excluding hydrogens is 608 g/mol. The molecule has 1 aliphatic heterocycles. The number of imidazole rings is 1. The molecule has 11 nitrogen and oxygen atoms in total. The zero-order valence-electron chi connectivity index (χ0n) is 28.2. The van der Waals surface area contributed by atoms with E-state index in [9.17, 15) is 4.79 Å². The normalized spacial score (nSPS) is 14.5. The molecule has 0 aliphatic carbocycles. The van der Waals surface area contributed by atoms with Gasteiger partial charge in [-0.3, -0.25) is 9.78 Å². The van der Waals surface area contributed by atoms with Gasteiger partial charge in [0.05, 0.1) is 45.2 Å². The second kappa shape index (κ2) is 15.2. The molecule has 1 aliphatic rings. The van der Waals surface area contributed by atoms with Crippen molar-refractivity contribution in [1.82, 2.24) is 24.3 Å². The standard InChI is InChI=1S/C37H44N6O5/c1-40(36(44)29-23-33(45-2)35(47-4)34(24-29)46-3)25-28(27-12-15-38-16-13-27)14-19-41-17-8-18-42(21-20-41)37-39-31-10-5-6-11-32(31)43(37)26-30-9-7-22-48-30/h5-7,9-13,15-16,22-24,28H,8,14,17-21,25-26H2,1-4H3. The number of aromatic nitrogens is 3. The summed E-state index contributed by atoms with van der Waals surface area (Å²) in [5.41, 5.74) is 3.74. The van der Waals surface area contributed by atoms with Crippen LogP contribution in [0.2, 0.25) is 0 Å². The lowest BCUT2D eigenvalue weighted by Crippen LogP contribution is -2.35. The van der Waals surface area contributed by atoms with Crippen molar-refractivity contribution in [3.05, 3.63) is 96.2 Å². The van der Waals surface area contributed by atoms with Gasteiger partial charge in [0.25, 0.3) is 5.91 Å². The Kier molecular flexibility index (Phi) is 10.4. The SMILES string of the molecule is COc1cc(C(=O)N(C)CC(CCN2CCCN(c3nc4ccccc4n3Cc3ccco3)CC2)c2ccncc2)cc(OC)c1OC. The molecule has 252 valence electrons. The van der Waals surface area contributed by atoms with Crippen LogP contribution in [0.4, 0.5) is 5.95 Å². The fraction of sp³-hybridized carbons (Fsp3) is 0.378. The van der Waals surface area contributed by atoms with Gasteiger partial charge in [0.1, 0.15) is 5.76 Å². The number of anilines is 1. The maximum atomic E-state index is 13.7. The van der Waals surface area contributed by atoms with Crippen molar-refractivity contribution in [3.8, 4) is 17.2 Å². The van der Waals surface area contributed by atoms with Gasteiger partial charge < -0.3 is 37.9 Å². The number of nitrogens with zero attached hydrogens (tertiary/aromatic N) is 6. The largest absolute Gasteiger partial charge is 0.493 e. The minimum atomic E-state index is -0.115. The van der Waals surface area contributed by atoms with Gasteiger partial charge in [0, 0.05) is 57.1 Å². The Morgan fingerprint density at radius 2 is 1.71 bits per heavy atom. The summed E-state index contributed by atoms with van der Waals surface area (Å²) in [7, 11) is 6.49. The van der Waals surface area contributed by atoms with E-state index in [-0.39, 0.29) is 11.8 Å². The van der Waals surface area contributed by atoms with E-state index in [0.29, 0.717) is 35.9 Å². The molecule has 6 rings (SSSR count). The molecule has 0 saturated carbocycles. The molecule has 4 heterocycles. The van der Waals surface area contributed by atoms with Gasteiger partial charge in [-0.1, -0.05) is 12.1 Å². The number of methoxy groups -OCH3 is 3. The quantitative estimate of drug-likeness (QED) is 0.162. The number of para-hydroxylation sites is 2. The Morgan fingerprint density at radius 3 is 2.42 bits per heavy atom. The molecule has 1 atom stereocenters. The fourth-order valence-electron chi connectivity index (χ4n) is 6.59. The summed E-state index contributed by atoms with van der Waals surface area (Å²) >= 11 is 0. The number of rotatable bonds is 13. The number of hydrogen-bond donors (Lipinski definition) is 0. The average molecular weight is 653 g/mol. The Morgan fingerprint density at radius 1 is 0.938 bits per heavy atom. The van der Waals surface area contributed by atoms with Gasteiger partial charge in [-0.25, -0.2) is 4.98 Å². The zero-order chi connectivity index (χ0) is 33.5. The summed E-state index contributed by atoms with van der Waals surface area (Å²) in [6, 6.07) is 19.7. The monoisotopic (exact) mass is 652 g/mol. The van der Waals surface area contributed by atoms with Crippen LogP contribution in [-0.2, 0) is 6.54 Å². The van der Waals surface area contributed by atoms with Crippen LogP contribution in [0.25, 0.3) is 11.0 Å². The molecule has 48 heavy (non-hydrogen) atoms. The maximum Gasteiger partial charge on any atom is 0.253 e. The number of amides is 1. The van der Waals surface area contributed by atoms with E-state index in [1.54, 1.807) is 44.6 Å². The first-order valence-corrected chi connectivity index (χ1v) is 16.4. The molecule has 11 heteroatoms. The predicted octanol–water partition coefficient (Wildman–Crippen LogP) is 5.56. The van der Waals surface area contributed by atoms with E-state index in [1.807, 2.05) is 37.6 Å². The summed E-state index contributed by atoms with van der Waals surface area (Å²) in [6.45, 7) is 5.83. The van der Waals surface area contributed by atoms with Gasteiger partial charge in [0.15, 0.2) is 11.5 Å². The number of fused-ring (bicyclic) bond motifs is 1. The number of likely N-dealkylation sites (N-methyl/N-ethyl adjacent to an activating group) is 1. The van der Waals surface area contributed by atoms with Gasteiger partial charge in [0.2, 0.25) is 11.7 Å². The molecule has 1 amide bonds. The summed E-state index contributed by atoms with van der Waals surface area (Å²) in [6.07, 6.45) is 7.29. The lowest BCUT2D eigenvalue weighted by atomic mass is 9.95. The van der Waals surface area contributed by atoms with Crippen molar-refractivity contribution in [1.29, 1.82) is 0 Å². The number of pyridine rings is 1. The van der Waals surface area contributed by atoms with Crippen molar-refractivity contribution in [2.24, 2.45) is 0 Å². The number of ether oxygens (including phenoxy) is 3. The van der Waals surface area contributed by atoms with Crippen LogP contribution in [0.15, 0.2) is 83.7 Å². The van der Waals surface area contributed by atoms with Crippen molar-refractivity contribution in [2.75, 3.05) is 72.5 Å². The van der Waals surface area contributed by atoms with Crippen molar-refractivity contribution in [3.63, 3.8) is 0 Å². The minimum absolute atomic E-state index is 0.115. The minimum Gasteiger partial charge on any atom is -0.493 e. The van der Waals surface area contributed by atoms with E-state index >= 15 is 0 Å². The molecule has 1 unspecified atom stereocenters. The van der Waals surface area contributed by atoms with E-state index in [2.05, 4.69) is 49.7 Å². The van der Waals surface area contributed by atoms with E-state index in [1.165, 1.54) is 0 Å². The lowest BCUT2D eigenvalue weighted by Gasteiger charge is -2.28. The van der Waals surface area contributed by atoms with Crippen LogP contribution in [0.3, 0.4) is 0 Å². The smallest absolute Gasteiger partial charge is 0.253 e.